The first-order valence-corrected chi connectivity index (χ1v) is 10.7. The normalized spacial score (nSPS) is 14.6. The van der Waals surface area contributed by atoms with Gasteiger partial charge in [0.15, 0.2) is 5.76 Å². The Morgan fingerprint density at radius 3 is 2.55 bits per heavy atom. The molecule has 4 rings (SSSR count). The van der Waals surface area contributed by atoms with Crippen LogP contribution in [-0.4, -0.2) is 41.9 Å². The molecule has 1 saturated heterocycles. The highest BCUT2D eigenvalue weighted by atomic mass is 35.5. The number of amides is 1. The van der Waals surface area contributed by atoms with Crippen LogP contribution in [0.2, 0.25) is 10.0 Å². The summed E-state index contributed by atoms with van der Waals surface area (Å²) >= 11 is 12.0. The molecule has 31 heavy (non-hydrogen) atoms. The highest BCUT2D eigenvalue weighted by molar-refractivity contribution is 6.35. The third-order valence-corrected chi connectivity index (χ3v) is 5.68. The van der Waals surface area contributed by atoms with Gasteiger partial charge in [-0.05, 0) is 36.4 Å². The van der Waals surface area contributed by atoms with Crippen LogP contribution >= 0.6 is 23.2 Å². The average Bonchev–Trinajstić information content (AvgIpc) is 3.24. The lowest BCUT2D eigenvalue weighted by molar-refractivity contribution is 0.0592. The van der Waals surface area contributed by atoms with E-state index in [0.29, 0.717) is 59.8 Å². The summed E-state index contributed by atoms with van der Waals surface area (Å²) in [5, 5.41) is 0.931. The van der Waals surface area contributed by atoms with Crippen LogP contribution in [0.5, 0.6) is 5.75 Å². The zero-order valence-electron chi connectivity index (χ0n) is 16.7. The standard InChI is InChI=1S/C23H21Cl2FN2O3/c24-17-5-7-21(19(25)13-17)30-15-18-6-8-22(31-18)23(29)28-11-9-27(10-12-28)14-16-3-1-2-4-20(16)26/h1-8,13H,9-12,14-15H2. The number of carbonyl (C=O) groups is 1. The lowest BCUT2D eigenvalue weighted by Gasteiger charge is -2.34. The zero-order valence-corrected chi connectivity index (χ0v) is 18.2. The van der Waals surface area contributed by atoms with Crippen molar-refractivity contribution in [2.24, 2.45) is 0 Å². The van der Waals surface area contributed by atoms with Gasteiger partial charge < -0.3 is 14.1 Å². The summed E-state index contributed by atoms with van der Waals surface area (Å²) in [7, 11) is 0. The molecule has 8 heteroatoms. The number of hydrogen-bond acceptors (Lipinski definition) is 4. The molecule has 3 aromatic rings. The maximum absolute atomic E-state index is 13.9. The second-order valence-corrected chi connectivity index (χ2v) is 8.13. The SMILES string of the molecule is O=C(c1ccc(COc2ccc(Cl)cc2Cl)o1)N1CCN(Cc2ccccc2F)CC1. The van der Waals surface area contributed by atoms with E-state index < -0.39 is 0 Å². The Hall–Kier alpha value is -2.54. The smallest absolute Gasteiger partial charge is 0.289 e. The summed E-state index contributed by atoms with van der Waals surface area (Å²) in [6.07, 6.45) is 0. The van der Waals surface area contributed by atoms with Crippen LogP contribution in [0.25, 0.3) is 0 Å². The maximum atomic E-state index is 13.9. The van der Waals surface area contributed by atoms with Crippen molar-refractivity contribution in [3.63, 3.8) is 0 Å². The van der Waals surface area contributed by atoms with Crippen molar-refractivity contribution >= 4 is 29.1 Å². The molecule has 0 atom stereocenters. The molecule has 1 aliphatic heterocycles. The number of benzene rings is 2. The number of rotatable bonds is 6. The minimum atomic E-state index is -0.203. The Morgan fingerprint density at radius 2 is 1.81 bits per heavy atom. The van der Waals surface area contributed by atoms with Gasteiger partial charge in [0, 0.05) is 43.3 Å². The molecule has 2 heterocycles. The van der Waals surface area contributed by atoms with E-state index in [0.717, 1.165) is 0 Å². The van der Waals surface area contributed by atoms with E-state index in [-0.39, 0.29) is 24.1 Å². The summed E-state index contributed by atoms with van der Waals surface area (Å²) in [5.74, 6) is 0.907. The zero-order chi connectivity index (χ0) is 21.8. The number of hydrogen-bond donors (Lipinski definition) is 0. The van der Waals surface area contributed by atoms with Crippen molar-refractivity contribution in [2.75, 3.05) is 26.2 Å². The molecule has 0 unspecified atom stereocenters. The van der Waals surface area contributed by atoms with Gasteiger partial charge in [-0.3, -0.25) is 9.69 Å². The van der Waals surface area contributed by atoms with Crippen LogP contribution in [-0.2, 0) is 13.2 Å². The Bertz CT molecular complexity index is 1060. The molecule has 0 aliphatic carbocycles. The van der Waals surface area contributed by atoms with Gasteiger partial charge in [0.1, 0.15) is 23.9 Å². The van der Waals surface area contributed by atoms with Gasteiger partial charge in [-0.1, -0.05) is 41.4 Å². The molecular formula is C23H21Cl2FN2O3. The van der Waals surface area contributed by atoms with Gasteiger partial charge >= 0.3 is 0 Å². The van der Waals surface area contributed by atoms with Crippen LogP contribution in [0, 0.1) is 5.82 Å². The maximum Gasteiger partial charge on any atom is 0.289 e. The van der Waals surface area contributed by atoms with Gasteiger partial charge in [-0.2, -0.15) is 0 Å². The van der Waals surface area contributed by atoms with Gasteiger partial charge in [-0.25, -0.2) is 4.39 Å². The predicted molar refractivity (Wildman–Crippen MR) is 117 cm³/mol. The largest absolute Gasteiger partial charge is 0.484 e. The molecule has 0 N–H and O–H groups in total. The second-order valence-electron chi connectivity index (χ2n) is 7.29. The number of ether oxygens (including phenoxy) is 1. The first-order chi connectivity index (χ1) is 15.0. The van der Waals surface area contributed by atoms with Crippen molar-refractivity contribution in [3.05, 3.63) is 87.5 Å². The fourth-order valence-corrected chi connectivity index (χ4v) is 3.91. The third-order valence-electron chi connectivity index (χ3n) is 5.15. The molecule has 1 fully saturated rings. The average molecular weight is 463 g/mol. The van der Waals surface area contributed by atoms with E-state index in [4.69, 9.17) is 32.4 Å². The lowest BCUT2D eigenvalue weighted by atomic mass is 10.2. The topological polar surface area (TPSA) is 45.9 Å². The van der Waals surface area contributed by atoms with E-state index in [1.165, 1.54) is 6.07 Å². The molecule has 0 bridgehead atoms. The lowest BCUT2D eigenvalue weighted by Crippen LogP contribution is -2.48. The highest BCUT2D eigenvalue weighted by Crippen LogP contribution is 2.28. The van der Waals surface area contributed by atoms with Crippen molar-refractivity contribution < 1.29 is 18.3 Å². The Balaban J connectivity index is 1.29. The molecule has 0 spiro atoms. The van der Waals surface area contributed by atoms with Gasteiger partial charge in [0.05, 0.1) is 5.02 Å². The summed E-state index contributed by atoms with van der Waals surface area (Å²) in [6, 6.07) is 15.1. The quantitative estimate of drug-likeness (QED) is 0.500. The molecule has 1 amide bonds. The summed E-state index contributed by atoms with van der Waals surface area (Å²) < 4.78 is 25.2. The van der Waals surface area contributed by atoms with Crippen molar-refractivity contribution in [2.45, 2.75) is 13.2 Å². The molecular weight excluding hydrogens is 442 g/mol. The Kier molecular flexibility index (Phi) is 6.80. The summed E-state index contributed by atoms with van der Waals surface area (Å²) in [4.78, 5) is 16.7. The van der Waals surface area contributed by atoms with E-state index in [9.17, 15) is 9.18 Å². The molecule has 1 aliphatic rings. The van der Waals surface area contributed by atoms with Gasteiger partial charge in [-0.15, -0.1) is 0 Å². The summed E-state index contributed by atoms with van der Waals surface area (Å²) in [5.41, 5.74) is 0.666. The van der Waals surface area contributed by atoms with Gasteiger partial charge in [0.2, 0.25) is 0 Å². The highest BCUT2D eigenvalue weighted by Gasteiger charge is 2.24. The molecule has 0 saturated carbocycles. The predicted octanol–water partition coefficient (Wildman–Crippen LogP) is 5.26. The minimum Gasteiger partial charge on any atom is -0.484 e. The fourth-order valence-electron chi connectivity index (χ4n) is 3.44. The van der Waals surface area contributed by atoms with Crippen LogP contribution in [0.15, 0.2) is 59.0 Å². The van der Waals surface area contributed by atoms with Crippen LogP contribution in [0.3, 0.4) is 0 Å². The number of nitrogens with zero attached hydrogens (tertiary/aromatic N) is 2. The van der Waals surface area contributed by atoms with Crippen LogP contribution in [0.4, 0.5) is 4.39 Å². The van der Waals surface area contributed by atoms with E-state index >= 15 is 0 Å². The number of piperazine rings is 1. The third kappa shape index (κ3) is 5.39. The summed E-state index contributed by atoms with van der Waals surface area (Å²) in [6.45, 7) is 3.13. The number of carbonyl (C=O) groups excluding carboxylic acids is 1. The second kappa shape index (κ2) is 9.73. The molecule has 0 radical (unpaired) electrons. The van der Waals surface area contributed by atoms with E-state index in [2.05, 4.69) is 4.90 Å². The Labute approximate surface area is 189 Å². The van der Waals surface area contributed by atoms with Crippen molar-refractivity contribution in [3.8, 4) is 5.75 Å². The van der Waals surface area contributed by atoms with Crippen molar-refractivity contribution in [1.29, 1.82) is 0 Å². The number of furan rings is 1. The number of halogens is 3. The first kappa shape index (κ1) is 21.7. The van der Waals surface area contributed by atoms with Crippen LogP contribution < -0.4 is 4.74 Å². The van der Waals surface area contributed by atoms with E-state index in [1.54, 1.807) is 47.4 Å². The monoisotopic (exact) mass is 462 g/mol. The van der Waals surface area contributed by atoms with Crippen LogP contribution in [0.1, 0.15) is 21.9 Å². The first-order valence-electron chi connectivity index (χ1n) is 9.91. The van der Waals surface area contributed by atoms with Gasteiger partial charge in [0.25, 0.3) is 5.91 Å². The molecule has 1 aromatic heterocycles. The van der Waals surface area contributed by atoms with Crippen molar-refractivity contribution in [1.82, 2.24) is 9.80 Å². The fraction of sp³-hybridized carbons (Fsp3) is 0.261. The Morgan fingerprint density at radius 1 is 1.03 bits per heavy atom. The molecule has 162 valence electrons. The molecule has 2 aromatic carbocycles. The van der Waals surface area contributed by atoms with E-state index in [1.807, 2.05) is 6.07 Å². The minimum absolute atomic E-state index is 0.144. The molecule has 5 nitrogen and oxygen atoms in total.